The molecule has 6 nitrogen and oxygen atoms in total. The van der Waals surface area contributed by atoms with E-state index in [0.717, 1.165) is 54.0 Å². The van der Waals surface area contributed by atoms with Gasteiger partial charge in [-0.05, 0) is 35.9 Å². The molecule has 29 heavy (non-hydrogen) atoms. The fraction of sp³-hybridized carbons (Fsp3) is 0.409. The second-order valence-corrected chi connectivity index (χ2v) is 7.91. The summed E-state index contributed by atoms with van der Waals surface area (Å²) in [5, 5.41) is 0.751. The summed E-state index contributed by atoms with van der Waals surface area (Å²) in [7, 11) is 1.85. The zero-order valence-corrected chi connectivity index (χ0v) is 17.4. The van der Waals surface area contributed by atoms with Crippen LogP contribution in [-0.2, 0) is 11.3 Å². The second kappa shape index (κ2) is 8.93. The number of fused-ring (bicyclic) bond motifs is 1. The minimum atomic E-state index is 0.121. The van der Waals surface area contributed by atoms with Crippen LogP contribution >= 0.6 is 11.6 Å². The summed E-state index contributed by atoms with van der Waals surface area (Å²) in [5.74, 6) is 1.65. The van der Waals surface area contributed by atoms with Gasteiger partial charge in [0.05, 0.1) is 6.54 Å². The third kappa shape index (κ3) is 4.95. The van der Waals surface area contributed by atoms with Crippen molar-refractivity contribution in [3.8, 4) is 11.5 Å². The highest BCUT2D eigenvalue weighted by molar-refractivity contribution is 6.30. The highest BCUT2D eigenvalue weighted by Gasteiger charge is 2.21. The molecule has 1 saturated heterocycles. The van der Waals surface area contributed by atoms with Crippen LogP contribution < -0.4 is 14.4 Å². The van der Waals surface area contributed by atoms with E-state index in [1.807, 2.05) is 43.4 Å². The largest absolute Gasteiger partial charge is 0.486 e. The average Bonchev–Trinajstić information content (AvgIpc) is 2.74. The number of benzene rings is 2. The number of hydrogen-bond donors (Lipinski definition) is 0. The maximum absolute atomic E-state index is 12.7. The molecule has 2 aromatic rings. The summed E-state index contributed by atoms with van der Waals surface area (Å²) >= 11 is 6.10. The van der Waals surface area contributed by atoms with E-state index in [-0.39, 0.29) is 5.91 Å². The molecule has 154 valence electrons. The molecule has 1 amide bonds. The smallest absolute Gasteiger partial charge is 0.236 e. The maximum atomic E-state index is 12.7. The number of anilines is 1. The van der Waals surface area contributed by atoms with Gasteiger partial charge in [0.1, 0.15) is 13.2 Å². The molecule has 0 aromatic heterocycles. The Labute approximate surface area is 176 Å². The van der Waals surface area contributed by atoms with Crippen molar-refractivity contribution in [2.45, 2.75) is 6.54 Å². The van der Waals surface area contributed by atoms with E-state index in [4.69, 9.17) is 21.1 Å². The molecule has 0 spiro atoms. The van der Waals surface area contributed by atoms with E-state index < -0.39 is 0 Å². The van der Waals surface area contributed by atoms with Crippen molar-refractivity contribution in [1.29, 1.82) is 0 Å². The molecule has 2 aliphatic rings. The molecule has 0 N–H and O–H groups in total. The summed E-state index contributed by atoms with van der Waals surface area (Å²) in [5.41, 5.74) is 2.18. The number of halogens is 1. The number of nitrogens with zero attached hydrogens (tertiary/aromatic N) is 3. The highest BCUT2D eigenvalue weighted by atomic mass is 35.5. The first kappa shape index (κ1) is 19.9. The molecular formula is C22H26ClN3O3. The van der Waals surface area contributed by atoms with Gasteiger partial charge in [-0.25, -0.2) is 0 Å². The molecule has 0 aliphatic carbocycles. The SMILES string of the molecule is CN(Cc1ccc2c(c1)OCCO2)C(=O)CN1CCN(c2cccc(Cl)c2)CC1. The molecule has 2 heterocycles. The van der Waals surface area contributed by atoms with Gasteiger partial charge in [0.2, 0.25) is 5.91 Å². The Hall–Kier alpha value is -2.44. The van der Waals surface area contributed by atoms with Crippen molar-refractivity contribution in [3.05, 3.63) is 53.1 Å². The van der Waals surface area contributed by atoms with E-state index in [1.54, 1.807) is 4.90 Å². The van der Waals surface area contributed by atoms with Gasteiger partial charge in [-0.15, -0.1) is 0 Å². The fourth-order valence-electron chi connectivity index (χ4n) is 3.70. The van der Waals surface area contributed by atoms with Crippen LogP contribution in [-0.4, -0.2) is 68.7 Å². The molecule has 0 unspecified atom stereocenters. The Bertz CT molecular complexity index is 868. The highest BCUT2D eigenvalue weighted by Crippen LogP contribution is 2.31. The predicted molar refractivity (Wildman–Crippen MR) is 114 cm³/mol. The third-order valence-electron chi connectivity index (χ3n) is 5.36. The normalized spacial score (nSPS) is 16.6. The van der Waals surface area contributed by atoms with Crippen LogP contribution in [0.15, 0.2) is 42.5 Å². The predicted octanol–water partition coefficient (Wildman–Crippen LogP) is 2.89. The van der Waals surface area contributed by atoms with Crippen molar-refractivity contribution in [1.82, 2.24) is 9.80 Å². The van der Waals surface area contributed by atoms with Crippen molar-refractivity contribution >= 4 is 23.2 Å². The standard InChI is InChI=1S/C22H26ClN3O3/c1-24(15-17-5-6-20-21(13-17)29-12-11-28-20)22(27)16-25-7-9-26(10-8-25)19-4-2-3-18(23)14-19/h2-6,13-14H,7-12,15-16H2,1H3. The Kier molecular flexibility index (Phi) is 6.11. The molecule has 7 heteroatoms. The fourth-order valence-corrected chi connectivity index (χ4v) is 3.88. The number of likely N-dealkylation sites (N-methyl/N-ethyl adjacent to an activating group) is 1. The number of ether oxygens (including phenoxy) is 2. The van der Waals surface area contributed by atoms with Gasteiger partial charge < -0.3 is 19.3 Å². The zero-order valence-electron chi connectivity index (χ0n) is 16.6. The van der Waals surface area contributed by atoms with Gasteiger partial charge in [0, 0.05) is 50.5 Å². The average molecular weight is 416 g/mol. The quantitative estimate of drug-likeness (QED) is 0.751. The van der Waals surface area contributed by atoms with E-state index in [1.165, 1.54) is 0 Å². The molecule has 4 rings (SSSR count). The minimum absolute atomic E-state index is 0.121. The lowest BCUT2D eigenvalue weighted by Crippen LogP contribution is -2.49. The summed E-state index contributed by atoms with van der Waals surface area (Å²) in [6, 6.07) is 13.8. The molecule has 0 bridgehead atoms. The molecule has 1 fully saturated rings. The Morgan fingerprint density at radius 3 is 2.55 bits per heavy atom. The molecule has 0 atom stereocenters. The first-order valence-corrected chi connectivity index (χ1v) is 10.3. The lowest BCUT2D eigenvalue weighted by molar-refractivity contribution is -0.131. The van der Waals surface area contributed by atoms with Crippen molar-refractivity contribution in [3.63, 3.8) is 0 Å². The van der Waals surface area contributed by atoms with E-state index in [0.29, 0.717) is 26.3 Å². The van der Waals surface area contributed by atoms with Crippen molar-refractivity contribution < 1.29 is 14.3 Å². The number of hydrogen-bond acceptors (Lipinski definition) is 5. The van der Waals surface area contributed by atoms with E-state index in [2.05, 4.69) is 15.9 Å². The summed E-state index contributed by atoms with van der Waals surface area (Å²) < 4.78 is 11.2. The van der Waals surface area contributed by atoms with Crippen LogP contribution in [0.1, 0.15) is 5.56 Å². The number of piperazine rings is 1. The molecule has 2 aliphatic heterocycles. The summed E-state index contributed by atoms with van der Waals surface area (Å²) in [6.07, 6.45) is 0. The van der Waals surface area contributed by atoms with Crippen LogP contribution in [0.25, 0.3) is 0 Å². The Morgan fingerprint density at radius 1 is 1.03 bits per heavy atom. The van der Waals surface area contributed by atoms with Gasteiger partial charge in [0.15, 0.2) is 11.5 Å². The number of amides is 1. The van der Waals surface area contributed by atoms with Crippen molar-refractivity contribution in [2.24, 2.45) is 0 Å². The van der Waals surface area contributed by atoms with E-state index >= 15 is 0 Å². The van der Waals surface area contributed by atoms with Crippen LogP contribution in [0.2, 0.25) is 5.02 Å². The van der Waals surface area contributed by atoms with Crippen LogP contribution in [0.4, 0.5) is 5.69 Å². The molecule has 2 aromatic carbocycles. The molecule has 0 saturated carbocycles. The number of carbonyl (C=O) groups excluding carboxylic acids is 1. The second-order valence-electron chi connectivity index (χ2n) is 7.47. The lowest BCUT2D eigenvalue weighted by atomic mass is 10.2. The van der Waals surface area contributed by atoms with Gasteiger partial charge in [0.25, 0.3) is 0 Å². The van der Waals surface area contributed by atoms with Crippen molar-refractivity contribution in [2.75, 3.05) is 57.9 Å². The van der Waals surface area contributed by atoms with Gasteiger partial charge in [-0.2, -0.15) is 0 Å². The molecular weight excluding hydrogens is 390 g/mol. The summed E-state index contributed by atoms with van der Waals surface area (Å²) in [4.78, 5) is 19.0. The first-order valence-electron chi connectivity index (χ1n) is 9.94. The Morgan fingerprint density at radius 2 is 1.79 bits per heavy atom. The van der Waals surface area contributed by atoms with Crippen LogP contribution in [0.3, 0.4) is 0 Å². The van der Waals surface area contributed by atoms with Gasteiger partial charge >= 0.3 is 0 Å². The van der Waals surface area contributed by atoms with Gasteiger partial charge in [-0.3, -0.25) is 9.69 Å². The maximum Gasteiger partial charge on any atom is 0.236 e. The third-order valence-corrected chi connectivity index (χ3v) is 5.59. The first-order chi connectivity index (χ1) is 14.1. The minimum Gasteiger partial charge on any atom is -0.486 e. The van der Waals surface area contributed by atoms with E-state index in [9.17, 15) is 4.79 Å². The lowest BCUT2D eigenvalue weighted by Gasteiger charge is -2.36. The number of rotatable bonds is 5. The Balaban J connectivity index is 1.27. The van der Waals surface area contributed by atoms with Gasteiger partial charge in [-0.1, -0.05) is 23.7 Å². The summed E-state index contributed by atoms with van der Waals surface area (Å²) in [6.45, 7) is 5.62. The van der Waals surface area contributed by atoms with Crippen LogP contribution in [0.5, 0.6) is 11.5 Å². The molecule has 0 radical (unpaired) electrons. The zero-order chi connectivity index (χ0) is 20.2. The topological polar surface area (TPSA) is 45.3 Å². The van der Waals surface area contributed by atoms with Crippen LogP contribution in [0, 0.1) is 0 Å². The monoisotopic (exact) mass is 415 g/mol. The number of carbonyl (C=O) groups is 1.